The molecular formula is C11H9BrF3N3O. The Balaban J connectivity index is 2.13. The molecule has 0 saturated heterocycles. The number of aryl methyl sites for hydroxylation is 1. The van der Waals surface area contributed by atoms with Gasteiger partial charge in [-0.2, -0.15) is 18.2 Å². The molecule has 0 unspecified atom stereocenters. The predicted octanol–water partition coefficient (Wildman–Crippen LogP) is 3.77. The second-order valence-corrected chi connectivity index (χ2v) is 4.64. The summed E-state index contributed by atoms with van der Waals surface area (Å²) in [5, 5.41) is 6.38. The van der Waals surface area contributed by atoms with E-state index in [4.69, 9.17) is 4.52 Å². The van der Waals surface area contributed by atoms with Gasteiger partial charge in [0.05, 0.1) is 12.1 Å². The molecule has 1 aromatic carbocycles. The first-order valence-corrected chi connectivity index (χ1v) is 6.05. The molecular weight excluding hydrogens is 327 g/mol. The highest BCUT2D eigenvalue weighted by Gasteiger charge is 2.33. The van der Waals surface area contributed by atoms with Gasteiger partial charge in [-0.1, -0.05) is 21.1 Å². The van der Waals surface area contributed by atoms with Gasteiger partial charge in [-0.3, -0.25) is 0 Å². The van der Waals surface area contributed by atoms with Crippen LogP contribution < -0.4 is 5.32 Å². The van der Waals surface area contributed by atoms with Gasteiger partial charge in [0.15, 0.2) is 5.82 Å². The second-order valence-electron chi connectivity index (χ2n) is 3.78. The number of nitrogens with one attached hydrogen (secondary N) is 1. The predicted molar refractivity (Wildman–Crippen MR) is 65.5 cm³/mol. The van der Waals surface area contributed by atoms with Crippen molar-refractivity contribution in [2.75, 3.05) is 5.32 Å². The lowest BCUT2D eigenvalue weighted by Gasteiger charge is -2.11. The van der Waals surface area contributed by atoms with Crippen molar-refractivity contribution >= 4 is 21.6 Å². The molecule has 1 N–H and O–H groups in total. The molecule has 102 valence electrons. The Bertz CT molecular complexity index is 583. The fraction of sp³-hybridized carbons (Fsp3) is 0.273. The molecule has 0 aliphatic rings. The Morgan fingerprint density at radius 3 is 2.68 bits per heavy atom. The molecule has 1 aromatic heterocycles. The summed E-state index contributed by atoms with van der Waals surface area (Å²) in [5.74, 6) is 0.789. The molecule has 0 bridgehead atoms. The zero-order valence-corrected chi connectivity index (χ0v) is 11.3. The summed E-state index contributed by atoms with van der Waals surface area (Å²) in [6.07, 6.45) is -4.41. The number of hydrogen-bond donors (Lipinski definition) is 1. The van der Waals surface area contributed by atoms with Crippen LogP contribution in [-0.4, -0.2) is 10.1 Å². The highest BCUT2D eigenvalue weighted by atomic mass is 79.9. The van der Waals surface area contributed by atoms with Crippen LogP contribution in [0.2, 0.25) is 0 Å². The average molecular weight is 336 g/mol. The summed E-state index contributed by atoms with van der Waals surface area (Å²) in [5.41, 5.74) is -0.411. The maximum Gasteiger partial charge on any atom is 0.417 e. The minimum absolute atomic E-state index is 0.000755. The maximum atomic E-state index is 12.7. The van der Waals surface area contributed by atoms with E-state index >= 15 is 0 Å². The van der Waals surface area contributed by atoms with Gasteiger partial charge in [-0.25, -0.2) is 0 Å². The van der Waals surface area contributed by atoms with Gasteiger partial charge in [-0.05, 0) is 25.1 Å². The molecule has 0 amide bonds. The lowest BCUT2D eigenvalue weighted by Crippen LogP contribution is -2.07. The second kappa shape index (κ2) is 5.20. The summed E-state index contributed by atoms with van der Waals surface area (Å²) in [7, 11) is 0. The summed E-state index contributed by atoms with van der Waals surface area (Å²) < 4.78 is 42.9. The lowest BCUT2D eigenvalue weighted by atomic mass is 10.2. The van der Waals surface area contributed by atoms with E-state index in [2.05, 4.69) is 31.4 Å². The fourth-order valence-corrected chi connectivity index (χ4v) is 1.91. The Morgan fingerprint density at radius 2 is 2.11 bits per heavy atom. The van der Waals surface area contributed by atoms with E-state index < -0.39 is 11.7 Å². The number of alkyl halides is 3. The zero-order valence-electron chi connectivity index (χ0n) is 9.75. The van der Waals surface area contributed by atoms with Gasteiger partial charge >= 0.3 is 6.18 Å². The number of nitrogens with zero attached hydrogens (tertiary/aromatic N) is 2. The summed E-state index contributed by atoms with van der Waals surface area (Å²) >= 11 is 2.88. The monoisotopic (exact) mass is 335 g/mol. The Kier molecular flexibility index (Phi) is 3.79. The third-order valence-corrected chi connectivity index (χ3v) is 2.98. The number of hydrogen-bond acceptors (Lipinski definition) is 4. The summed E-state index contributed by atoms with van der Waals surface area (Å²) in [4.78, 5) is 3.94. The van der Waals surface area contributed by atoms with Crippen molar-refractivity contribution in [1.82, 2.24) is 10.1 Å². The fourth-order valence-electron chi connectivity index (χ4n) is 1.44. The van der Waals surface area contributed by atoms with E-state index in [0.717, 1.165) is 6.07 Å². The topological polar surface area (TPSA) is 51.0 Å². The van der Waals surface area contributed by atoms with Crippen molar-refractivity contribution in [1.29, 1.82) is 0 Å². The van der Waals surface area contributed by atoms with Gasteiger partial charge in [0.1, 0.15) is 0 Å². The van der Waals surface area contributed by atoms with Crippen LogP contribution in [0.3, 0.4) is 0 Å². The van der Waals surface area contributed by atoms with Crippen LogP contribution in [0.15, 0.2) is 27.2 Å². The molecule has 0 aliphatic carbocycles. The minimum Gasteiger partial charge on any atom is -0.376 e. The van der Waals surface area contributed by atoms with E-state index in [-0.39, 0.29) is 11.0 Å². The van der Waals surface area contributed by atoms with Gasteiger partial charge < -0.3 is 9.84 Å². The first kappa shape index (κ1) is 13.9. The molecule has 2 aromatic rings. The van der Waals surface area contributed by atoms with Crippen LogP contribution in [0.1, 0.15) is 17.3 Å². The Labute approximate surface area is 115 Å². The maximum absolute atomic E-state index is 12.7. The van der Waals surface area contributed by atoms with Crippen LogP contribution in [-0.2, 0) is 12.7 Å². The number of halogens is 4. The normalized spacial score (nSPS) is 11.6. The van der Waals surface area contributed by atoms with E-state index in [1.165, 1.54) is 12.1 Å². The highest BCUT2D eigenvalue weighted by molar-refractivity contribution is 9.10. The molecule has 0 saturated carbocycles. The van der Waals surface area contributed by atoms with Crippen LogP contribution >= 0.6 is 15.9 Å². The van der Waals surface area contributed by atoms with Crippen molar-refractivity contribution in [3.05, 3.63) is 40.0 Å². The number of benzene rings is 1. The first-order valence-electron chi connectivity index (χ1n) is 5.26. The van der Waals surface area contributed by atoms with Crippen molar-refractivity contribution in [2.45, 2.75) is 19.6 Å². The van der Waals surface area contributed by atoms with Gasteiger partial charge in [0.25, 0.3) is 0 Å². The molecule has 0 radical (unpaired) electrons. The van der Waals surface area contributed by atoms with Gasteiger partial charge in [0.2, 0.25) is 5.89 Å². The minimum atomic E-state index is -4.41. The van der Waals surface area contributed by atoms with Crippen molar-refractivity contribution in [3.8, 4) is 0 Å². The van der Waals surface area contributed by atoms with E-state index in [1.807, 2.05) is 0 Å². The number of anilines is 1. The SMILES string of the molecule is Cc1noc(CNc2ccc(Br)c(C(F)(F)F)c2)n1. The number of aromatic nitrogens is 2. The molecule has 0 spiro atoms. The van der Waals surface area contributed by atoms with Crippen molar-refractivity contribution < 1.29 is 17.7 Å². The first-order chi connectivity index (χ1) is 8.86. The lowest BCUT2D eigenvalue weighted by molar-refractivity contribution is -0.138. The Hall–Kier alpha value is -1.57. The van der Waals surface area contributed by atoms with E-state index in [0.29, 0.717) is 17.4 Å². The zero-order chi connectivity index (χ0) is 14.0. The molecule has 1 heterocycles. The molecule has 0 aliphatic heterocycles. The highest BCUT2D eigenvalue weighted by Crippen LogP contribution is 2.36. The standard InChI is InChI=1S/C11H9BrF3N3O/c1-6-17-10(19-18-6)5-16-7-2-3-9(12)8(4-7)11(13,14)15/h2-4,16H,5H2,1H3. The van der Waals surface area contributed by atoms with Crippen LogP contribution in [0.4, 0.5) is 18.9 Å². The van der Waals surface area contributed by atoms with E-state index in [9.17, 15) is 13.2 Å². The summed E-state index contributed by atoms with van der Waals surface area (Å²) in [6.45, 7) is 1.83. The number of rotatable bonds is 3. The third-order valence-electron chi connectivity index (χ3n) is 2.29. The molecule has 0 fully saturated rings. The summed E-state index contributed by atoms with van der Waals surface area (Å²) in [6, 6.07) is 3.89. The molecule has 19 heavy (non-hydrogen) atoms. The smallest absolute Gasteiger partial charge is 0.376 e. The van der Waals surface area contributed by atoms with Gasteiger partial charge in [0, 0.05) is 10.2 Å². The molecule has 4 nitrogen and oxygen atoms in total. The van der Waals surface area contributed by atoms with Crippen LogP contribution in [0, 0.1) is 6.92 Å². The largest absolute Gasteiger partial charge is 0.417 e. The molecule has 0 atom stereocenters. The van der Waals surface area contributed by atoms with Crippen molar-refractivity contribution in [2.24, 2.45) is 0 Å². The quantitative estimate of drug-likeness (QED) is 0.927. The van der Waals surface area contributed by atoms with Gasteiger partial charge in [-0.15, -0.1) is 0 Å². The Morgan fingerprint density at radius 1 is 1.37 bits per heavy atom. The molecule has 8 heteroatoms. The van der Waals surface area contributed by atoms with Crippen LogP contribution in [0.25, 0.3) is 0 Å². The molecule has 2 rings (SSSR count). The average Bonchev–Trinajstić information content (AvgIpc) is 2.72. The third kappa shape index (κ3) is 3.46. The van der Waals surface area contributed by atoms with Crippen molar-refractivity contribution in [3.63, 3.8) is 0 Å². The van der Waals surface area contributed by atoms with Crippen LogP contribution in [0.5, 0.6) is 0 Å². The van der Waals surface area contributed by atoms with E-state index in [1.54, 1.807) is 6.92 Å².